The molecule has 2 heterocycles. The molecule has 6 heteroatoms. The summed E-state index contributed by atoms with van der Waals surface area (Å²) in [5.41, 5.74) is 1.65. The van der Waals surface area contributed by atoms with Crippen molar-refractivity contribution in [2.24, 2.45) is 5.92 Å². The molecule has 0 spiro atoms. The second-order valence-corrected chi connectivity index (χ2v) is 7.69. The first-order valence-corrected chi connectivity index (χ1v) is 9.14. The van der Waals surface area contributed by atoms with E-state index in [1.165, 1.54) is 22.8 Å². The van der Waals surface area contributed by atoms with Crippen LogP contribution in [0, 0.1) is 11.7 Å². The molecular formula is C18H16ClFN2OS. The molecular weight excluding hydrogens is 347 g/mol. The monoisotopic (exact) mass is 362 g/mol. The van der Waals surface area contributed by atoms with E-state index in [0.29, 0.717) is 22.4 Å². The Hall–Kier alpha value is -1.72. The van der Waals surface area contributed by atoms with E-state index in [4.69, 9.17) is 16.3 Å². The maximum atomic E-state index is 13.9. The number of hydrogen-bond donors (Lipinski definition) is 0. The van der Waals surface area contributed by atoms with Crippen LogP contribution in [0.4, 0.5) is 4.39 Å². The fourth-order valence-electron chi connectivity index (χ4n) is 3.17. The summed E-state index contributed by atoms with van der Waals surface area (Å²) < 4.78 is 19.8. The molecule has 24 heavy (non-hydrogen) atoms. The molecule has 0 saturated heterocycles. The van der Waals surface area contributed by atoms with Crippen molar-refractivity contribution in [3.05, 3.63) is 51.4 Å². The lowest BCUT2D eigenvalue weighted by molar-refractivity contribution is 0.291. The van der Waals surface area contributed by atoms with Gasteiger partial charge in [-0.1, -0.05) is 24.6 Å². The van der Waals surface area contributed by atoms with E-state index < -0.39 is 0 Å². The van der Waals surface area contributed by atoms with Crippen molar-refractivity contribution in [1.82, 2.24) is 9.97 Å². The van der Waals surface area contributed by atoms with Gasteiger partial charge in [-0.05, 0) is 42.9 Å². The van der Waals surface area contributed by atoms with Gasteiger partial charge in [-0.2, -0.15) is 0 Å². The van der Waals surface area contributed by atoms with Crippen LogP contribution in [-0.4, -0.2) is 9.97 Å². The van der Waals surface area contributed by atoms with Crippen molar-refractivity contribution < 1.29 is 9.13 Å². The highest BCUT2D eigenvalue weighted by atomic mass is 35.5. The van der Waals surface area contributed by atoms with Crippen LogP contribution in [0.1, 0.15) is 29.3 Å². The van der Waals surface area contributed by atoms with Crippen LogP contribution >= 0.6 is 22.9 Å². The van der Waals surface area contributed by atoms with Gasteiger partial charge in [-0.25, -0.2) is 14.4 Å². The zero-order valence-electron chi connectivity index (χ0n) is 13.2. The predicted molar refractivity (Wildman–Crippen MR) is 94.3 cm³/mol. The summed E-state index contributed by atoms with van der Waals surface area (Å²) in [5.74, 6) is 0.848. The van der Waals surface area contributed by atoms with E-state index in [1.54, 1.807) is 23.5 Å². The van der Waals surface area contributed by atoms with E-state index in [0.717, 1.165) is 29.5 Å². The summed E-state index contributed by atoms with van der Waals surface area (Å²) in [4.78, 5) is 11.0. The molecule has 3 nitrogen and oxygen atoms in total. The van der Waals surface area contributed by atoms with Crippen molar-refractivity contribution in [2.75, 3.05) is 0 Å². The number of halogens is 2. The number of rotatable bonds is 3. The van der Waals surface area contributed by atoms with Gasteiger partial charge in [0.25, 0.3) is 0 Å². The van der Waals surface area contributed by atoms with Gasteiger partial charge in [-0.15, -0.1) is 11.3 Å². The number of aryl methyl sites for hydroxylation is 1. The summed E-state index contributed by atoms with van der Waals surface area (Å²) in [6.45, 7) is 2.33. The third kappa shape index (κ3) is 2.76. The van der Waals surface area contributed by atoms with Crippen LogP contribution in [0.2, 0.25) is 5.02 Å². The molecule has 1 aromatic carbocycles. The van der Waals surface area contributed by atoms with Crippen LogP contribution in [0.25, 0.3) is 10.2 Å². The van der Waals surface area contributed by atoms with Gasteiger partial charge in [0.2, 0.25) is 5.88 Å². The summed E-state index contributed by atoms with van der Waals surface area (Å²) >= 11 is 7.79. The maximum absolute atomic E-state index is 13.9. The van der Waals surface area contributed by atoms with Crippen molar-refractivity contribution in [1.29, 1.82) is 0 Å². The van der Waals surface area contributed by atoms with Gasteiger partial charge in [0.1, 0.15) is 23.6 Å². The predicted octanol–water partition coefficient (Wildman–Crippen LogP) is 5.19. The molecule has 1 unspecified atom stereocenters. The highest BCUT2D eigenvalue weighted by Crippen LogP contribution is 2.40. The Bertz CT molecular complexity index is 891. The van der Waals surface area contributed by atoms with Crippen LogP contribution in [0.3, 0.4) is 0 Å². The van der Waals surface area contributed by atoms with Crippen LogP contribution in [-0.2, 0) is 19.4 Å². The van der Waals surface area contributed by atoms with Gasteiger partial charge in [0, 0.05) is 10.4 Å². The first kappa shape index (κ1) is 15.8. The smallest absolute Gasteiger partial charge is 0.225 e. The number of aromatic nitrogens is 2. The van der Waals surface area contributed by atoms with Crippen molar-refractivity contribution in [3.8, 4) is 5.88 Å². The molecule has 0 radical (unpaired) electrons. The molecule has 2 aromatic heterocycles. The molecule has 0 bridgehead atoms. The summed E-state index contributed by atoms with van der Waals surface area (Å²) in [6, 6.07) is 4.63. The molecule has 124 valence electrons. The third-order valence-corrected chi connectivity index (χ3v) is 5.99. The molecule has 0 amide bonds. The minimum Gasteiger partial charge on any atom is -0.472 e. The quantitative estimate of drug-likeness (QED) is 0.643. The van der Waals surface area contributed by atoms with Gasteiger partial charge >= 0.3 is 0 Å². The maximum Gasteiger partial charge on any atom is 0.225 e. The lowest BCUT2D eigenvalue weighted by atomic mass is 9.89. The van der Waals surface area contributed by atoms with E-state index >= 15 is 0 Å². The topological polar surface area (TPSA) is 35.0 Å². The highest BCUT2D eigenvalue weighted by Gasteiger charge is 2.23. The Morgan fingerprint density at radius 2 is 2.25 bits per heavy atom. The minimum atomic E-state index is -0.367. The fourth-order valence-corrected chi connectivity index (χ4v) is 4.72. The SMILES string of the molecule is CC1CCc2c(sc3ncnc(OCc4c(F)cccc4Cl)c23)C1. The highest BCUT2D eigenvalue weighted by molar-refractivity contribution is 7.18. The van der Waals surface area contributed by atoms with Gasteiger partial charge in [-0.3, -0.25) is 0 Å². The first-order valence-electron chi connectivity index (χ1n) is 7.94. The zero-order valence-corrected chi connectivity index (χ0v) is 14.8. The molecule has 0 aliphatic heterocycles. The number of thiophene rings is 1. The van der Waals surface area contributed by atoms with Gasteiger partial charge < -0.3 is 4.74 Å². The van der Waals surface area contributed by atoms with E-state index in [2.05, 4.69) is 16.9 Å². The number of nitrogens with zero attached hydrogens (tertiary/aromatic N) is 2. The lowest BCUT2D eigenvalue weighted by Crippen LogP contribution is -2.09. The molecule has 3 aromatic rings. The number of benzene rings is 1. The molecule has 0 N–H and O–H groups in total. The minimum absolute atomic E-state index is 0.0542. The number of hydrogen-bond acceptors (Lipinski definition) is 4. The average Bonchev–Trinajstić information content (AvgIpc) is 2.92. The normalized spacial score (nSPS) is 17.0. The van der Waals surface area contributed by atoms with Crippen LogP contribution in [0.5, 0.6) is 5.88 Å². The summed E-state index contributed by atoms with van der Waals surface area (Å²) in [5, 5.41) is 1.35. The molecule has 1 aliphatic rings. The van der Waals surface area contributed by atoms with Gasteiger partial charge in [0.05, 0.1) is 10.4 Å². The van der Waals surface area contributed by atoms with Crippen LogP contribution < -0.4 is 4.74 Å². The van der Waals surface area contributed by atoms with E-state index in [1.807, 2.05) is 0 Å². The lowest BCUT2D eigenvalue weighted by Gasteiger charge is -2.18. The Kier molecular flexibility index (Phi) is 4.14. The Balaban J connectivity index is 1.70. The summed E-state index contributed by atoms with van der Waals surface area (Å²) in [7, 11) is 0. The molecule has 0 saturated carbocycles. The molecule has 1 atom stereocenters. The summed E-state index contributed by atoms with van der Waals surface area (Å²) in [6.07, 6.45) is 4.76. The zero-order chi connectivity index (χ0) is 16.7. The Morgan fingerprint density at radius 3 is 3.08 bits per heavy atom. The number of fused-ring (bicyclic) bond motifs is 3. The fraction of sp³-hybridized carbons (Fsp3) is 0.333. The Morgan fingerprint density at radius 1 is 1.38 bits per heavy atom. The van der Waals surface area contributed by atoms with E-state index in [-0.39, 0.29) is 12.4 Å². The van der Waals surface area contributed by atoms with Crippen molar-refractivity contribution >= 4 is 33.2 Å². The van der Waals surface area contributed by atoms with Crippen molar-refractivity contribution in [2.45, 2.75) is 32.8 Å². The average molecular weight is 363 g/mol. The molecule has 1 aliphatic carbocycles. The standard InChI is InChI=1S/C18H16ClFN2OS/c1-10-5-6-11-15(7-10)24-18-16(11)17(21-9-22-18)23-8-12-13(19)3-2-4-14(12)20/h2-4,9-10H,5-8H2,1H3. The Labute approximate surface area is 148 Å². The second kappa shape index (κ2) is 6.30. The second-order valence-electron chi connectivity index (χ2n) is 6.20. The van der Waals surface area contributed by atoms with E-state index in [9.17, 15) is 4.39 Å². The largest absolute Gasteiger partial charge is 0.472 e. The molecule has 0 fully saturated rings. The molecule has 4 rings (SSSR count). The van der Waals surface area contributed by atoms with Gasteiger partial charge in [0.15, 0.2) is 0 Å². The number of ether oxygens (including phenoxy) is 1. The first-order chi connectivity index (χ1) is 11.6. The van der Waals surface area contributed by atoms with Crippen LogP contribution in [0.15, 0.2) is 24.5 Å². The third-order valence-electron chi connectivity index (χ3n) is 4.47. The van der Waals surface area contributed by atoms with Crippen molar-refractivity contribution in [3.63, 3.8) is 0 Å².